The van der Waals surface area contributed by atoms with Gasteiger partial charge in [-0.25, -0.2) is 0 Å². The average molecular weight is 1000 g/mol. The van der Waals surface area contributed by atoms with Crippen molar-refractivity contribution in [3.63, 3.8) is 0 Å². The van der Waals surface area contributed by atoms with Crippen LogP contribution in [-0.2, 0) is 50.1 Å². The van der Waals surface area contributed by atoms with E-state index in [-0.39, 0.29) is 34.1 Å². The number of amides is 2. The third-order valence-electron chi connectivity index (χ3n) is 9.23. The van der Waals surface area contributed by atoms with Crippen LogP contribution in [-0.4, -0.2) is 93.8 Å². The second kappa shape index (κ2) is 18.1. The van der Waals surface area contributed by atoms with Gasteiger partial charge in [-0.1, -0.05) is 0 Å². The molecule has 0 spiro atoms. The van der Waals surface area contributed by atoms with E-state index in [4.69, 9.17) is 4.74 Å². The van der Waals surface area contributed by atoms with E-state index >= 15 is 0 Å². The van der Waals surface area contributed by atoms with Crippen LogP contribution in [0.2, 0.25) is 0 Å². The van der Waals surface area contributed by atoms with Crippen LogP contribution >= 0.6 is 0 Å². The van der Waals surface area contributed by atoms with Gasteiger partial charge in [0.25, 0.3) is 40.5 Å². The van der Waals surface area contributed by atoms with Crippen LogP contribution < -0.4 is 26.2 Å². The molecule has 2 aliphatic carbocycles. The van der Waals surface area contributed by atoms with Crippen LogP contribution in [0.5, 0.6) is 5.75 Å². The maximum atomic E-state index is 13.8. The van der Waals surface area contributed by atoms with Crippen molar-refractivity contribution in [2.24, 2.45) is 20.4 Å². The molecule has 4 aromatic rings. The Morgan fingerprint density at radius 3 is 1.43 bits per heavy atom. The van der Waals surface area contributed by atoms with E-state index in [9.17, 15) is 71.1 Å². The molecule has 350 valence electrons. The largest absolute Gasteiger partial charge is 0.494 e. The molecule has 0 saturated carbocycles. The van der Waals surface area contributed by atoms with Crippen molar-refractivity contribution in [2.45, 2.75) is 30.6 Å². The lowest BCUT2D eigenvalue weighted by Gasteiger charge is -2.20. The Bertz CT molecular complexity index is 3490. The van der Waals surface area contributed by atoms with Gasteiger partial charge in [0, 0.05) is 19.9 Å². The standard InChI is InChI=1S/C38H32N8O17S4/c1-17-9-27(44-46-36-32(67(60,61)62)13-21-11-25(65(54,55)56)15-29(40-19(3)48)34(21)38(36)50)30(63-4)16-26(17)43-41-22-5-7-23(8-6-22)42-45-35-31(66(57,58)59)12-20-10-24(64(51,52)53)14-28(39-18(2)47)33(20)37(35)49/h5-16,42,44H,1-4H3,(H,39,47)(H,40,48)(H,51,52,53)(H,54,55,56)(H,57,58,59)(H,60,61,62)/b43-41?,45-35+,46-36-. The van der Waals surface area contributed by atoms with Gasteiger partial charge in [0.05, 0.1) is 62.2 Å². The maximum Gasteiger partial charge on any atom is 0.296 e. The summed E-state index contributed by atoms with van der Waals surface area (Å²) >= 11 is 0. The molecule has 8 N–H and O–H groups in total. The highest BCUT2D eigenvalue weighted by atomic mass is 32.2. The SMILES string of the molecule is COc1cc(N=Nc2ccc(N/N=C3/C(=O)c4c(cc(S(=O)(=O)O)cc4NC(C)=O)C=C3S(=O)(=O)O)cc2)c(C)cc1N/N=C1\C(=O)c2c(cc(S(=O)(=O)O)cc2NC(C)=O)C=C1S(=O)(=O)O. The van der Waals surface area contributed by atoms with E-state index in [1.807, 2.05) is 0 Å². The first-order valence-electron chi connectivity index (χ1n) is 18.3. The Hall–Kier alpha value is -7.38. The van der Waals surface area contributed by atoms with E-state index < -0.39 is 123 Å². The van der Waals surface area contributed by atoms with Crippen molar-refractivity contribution < 1.29 is 75.8 Å². The summed E-state index contributed by atoms with van der Waals surface area (Å²) in [6.07, 6.45) is 1.46. The zero-order valence-corrected chi connectivity index (χ0v) is 37.7. The first-order valence-corrected chi connectivity index (χ1v) is 24.1. The van der Waals surface area contributed by atoms with Crippen LogP contribution in [0.25, 0.3) is 12.2 Å². The summed E-state index contributed by atoms with van der Waals surface area (Å²) in [5, 5.41) is 20.7. The topological polar surface area (TPSA) is 393 Å². The van der Waals surface area contributed by atoms with Gasteiger partial charge in [0.15, 0.2) is 11.4 Å². The molecule has 0 atom stereocenters. The number of methoxy groups -OCH3 is 1. The molecule has 0 saturated heterocycles. The normalized spacial score (nSPS) is 15.4. The van der Waals surface area contributed by atoms with E-state index in [0.717, 1.165) is 50.3 Å². The number of Topliss-reactive ketones (excluding diaryl/α,β-unsaturated/α-hetero) is 2. The smallest absolute Gasteiger partial charge is 0.296 e. The molecular formula is C38H32N8O17S4. The Kier molecular flexibility index (Phi) is 13.3. The highest BCUT2D eigenvalue weighted by Crippen LogP contribution is 2.37. The molecule has 0 bridgehead atoms. The third-order valence-corrected chi connectivity index (χ3v) is 12.6. The predicted octanol–water partition coefficient (Wildman–Crippen LogP) is 4.62. The summed E-state index contributed by atoms with van der Waals surface area (Å²) in [6.45, 7) is 3.67. The number of allylic oxidation sites excluding steroid dienone is 2. The minimum Gasteiger partial charge on any atom is -0.494 e. The van der Waals surface area contributed by atoms with Crippen LogP contribution in [0.3, 0.4) is 0 Å². The summed E-state index contributed by atoms with van der Waals surface area (Å²) in [5.41, 5.74) is 1.92. The summed E-state index contributed by atoms with van der Waals surface area (Å²) in [5.74, 6) is -3.81. The number of hydrazone groups is 2. The molecule has 0 unspecified atom stereocenters. The lowest BCUT2D eigenvalue weighted by Crippen LogP contribution is -2.28. The van der Waals surface area contributed by atoms with Crippen LogP contribution in [0.4, 0.5) is 34.1 Å². The first kappa shape index (κ1) is 49.1. The molecule has 0 fully saturated rings. The van der Waals surface area contributed by atoms with Gasteiger partial charge < -0.3 is 15.4 Å². The number of hydrogen-bond donors (Lipinski definition) is 8. The van der Waals surface area contributed by atoms with Crippen LogP contribution in [0.1, 0.15) is 51.3 Å². The van der Waals surface area contributed by atoms with Crippen molar-refractivity contribution in [2.75, 3.05) is 28.6 Å². The van der Waals surface area contributed by atoms with E-state index in [2.05, 4.69) is 41.9 Å². The highest BCUT2D eigenvalue weighted by Gasteiger charge is 2.37. The predicted molar refractivity (Wildman–Crippen MR) is 239 cm³/mol. The number of anilines is 4. The Morgan fingerprint density at radius 1 is 0.582 bits per heavy atom. The number of carbonyl (C=O) groups excluding carboxylic acids is 4. The number of rotatable bonds is 13. The van der Waals surface area contributed by atoms with Crippen molar-refractivity contribution in [3.8, 4) is 5.75 Å². The Labute approximate surface area is 379 Å². The van der Waals surface area contributed by atoms with Crippen molar-refractivity contribution in [1.82, 2.24) is 0 Å². The molecule has 25 nitrogen and oxygen atoms in total. The van der Waals surface area contributed by atoms with Gasteiger partial charge in [-0.3, -0.25) is 48.2 Å². The second-order valence-corrected chi connectivity index (χ2v) is 19.7. The molecule has 2 amide bonds. The number of aryl methyl sites for hydroxylation is 1. The molecule has 2 aliphatic rings. The summed E-state index contributed by atoms with van der Waals surface area (Å²) in [6, 6.07) is 11.5. The number of nitrogens with zero attached hydrogens (tertiary/aromatic N) is 4. The number of carbonyl (C=O) groups is 4. The maximum absolute atomic E-state index is 13.8. The number of ether oxygens (including phenoxy) is 1. The first-order chi connectivity index (χ1) is 31.1. The molecule has 0 aliphatic heterocycles. The number of fused-ring (bicyclic) bond motifs is 2. The average Bonchev–Trinajstić information content (AvgIpc) is 3.20. The minimum absolute atomic E-state index is 0.0293. The fourth-order valence-electron chi connectivity index (χ4n) is 6.36. The Morgan fingerprint density at radius 2 is 1.03 bits per heavy atom. The van der Waals surface area contributed by atoms with Crippen LogP contribution in [0, 0.1) is 6.92 Å². The highest BCUT2D eigenvalue weighted by molar-refractivity contribution is 7.91. The second-order valence-electron chi connectivity index (χ2n) is 14.0. The fraction of sp³-hybridized carbons (Fsp3) is 0.105. The van der Waals surface area contributed by atoms with Gasteiger partial charge in [-0.2, -0.15) is 54.1 Å². The van der Waals surface area contributed by atoms with Gasteiger partial charge in [-0.05, 0) is 90.4 Å². The molecule has 0 aromatic heterocycles. The number of nitrogens with one attached hydrogen (secondary N) is 4. The lowest BCUT2D eigenvalue weighted by molar-refractivity contribution is -0.115. The fourth-order valence-corrected chi connectivity index (χ4v) is 8.76. The van der Waals surface area contributed by atoms with E-state index in [1.165, 1.54) is 43.5 Å². The molecule has 6 rings (SSSR count). The van der Waals surface area contributed by atoms with Crippen molar-refractivity contribution >= 4 is 122 Å². The number of benzene rings is 4. The third kappa shape index (κ3) is 10.8. The van der Waals surface area contributed by atoms with Crippen molar-refractivity contribution in [1.29, 1.82) is 0 Å². The quantitative estimate of drug-likeness (QED) is 0.0514. The van der Waals surface area contributed by atoms with Gasteiger partial charge >= 0.3 is 0 Å². The summed E-state index contributed by atoms with van der Waals surface area (Å²) in [4.78, 5) is 47.5. The van der Waals surface area contributed by atoms with E-state index in [1.54, 1.807) is 6.92 Å². The number of azo groups is 1. The zero-order chi connectivity index (χ0) is 49.6. The van der Waals surface area contributed by atoms with Gasteiger partial charge in [0.1, 0.15) is 15.6 Å². The molecule has 0 heterocycles. The molecule has 4 aromatic carbocycles. The molecule has 0 radical (unpaired) electrons. The van der Waals surface area contributed by atoms with Gasteiger partial charge in [-0.15, -0.1) is 0 Å². The Balaban J connectivity index is 1.26. The summed E-state index contributed by atoms with van der Waals surface area (Å²) < 4.78 is 142. The van der Waals surface area contributed by atoms with Crippen molar-refractivity contribution in [3.05, 3.63) is 98.3 Å². The number of hydrogen-bond acceptors (Lipinski definition) is 19. The van der Waals surface area contributed by atoms with Gasteiger partial charge in [0.2, 0.25) is 23.4 Å². The molecule has 67 heavy (non-hydrogen) atoms. The zero-order valence-electron chi connectivity index (χ0n) is 34.4. The lowest BCUT2D eigenvalue weighted by atomic mass is 9.93. The minimum atomic E-state index is -5.22. The molecule has 29 heteroatoms. The van der Waals surface area contributed by atoms with E-state index in [0.29, 0.717) is 5.56 Å². The monoisotopic (exact) mass is 1000 g/mol. The molecular weight excluding hydrogens is 969 g/mol. The van der Waals surface area contributed by atoms with Crippen LogP contribution in [0.15, 0.2) is 101 Å². The summed E-state index contributed by atoms with van der Waals surface area (Å²) in [7, 11) is -19.0. The number of ketones is 2.